The second-order valence-corrected chi connectivity index (χ2v) is 6.40. The van der Waals surface area contributed by atoms with Crippen molar-refractivity contribution in [1.29, 1.82) is 0 Å². The van der Waals surface area contributed by atoms with Crippen LogP contribution >= 0.6 is 12.4 Å². The van der Waals surface area contributed by atoms with Crippen LogP contribution in [0.5, 0.6) is 0 Å². The summed E-state index contributed by atoms with van der Waals surface area (Å²) in [6.07, 6.45) is 0.526. The number of aromatic nitrogens is 2. The molecule has 2 N–H and O–H groups in total. The number of nitrogens with two attached hydrogens (primary N) is 1. The molecule has 142 valence electrons. The van der Waals surface area contributed by atoms with E-state index in [-0.39, 0.29) is 36.4 Å². The van der Waals surface area contributed by atoms with E-state index in [0.29, 0.717) is 37.6 Å². The highest BCUT2D eigenvalue weighted by molar-refractivity contribution is 5.85. The number of likely N-dealkylation sites (tertiary alicyclic amines) is 1. The Kier molecular flexibility index (Phi) is 7.14. The molecule has 8 heteroatoms. The topological polar surface area (TPSA) is 94.5 Å². The van der Waals surface area contributed by atoms with E-state index in [9.17, 15) is 4.79 Å². The first-order chi connectivity index (χ1) is 12.1. The van der Waals surface area contributed by atoms with Crippen LogP contribution in [0.4, 0.5) is 0 Å². The Morgan fingerprint density at radius 3 is 2.81 bits per heavy atom. The van der Waals surface area contributed by atoms with Gasteiger partial charge in [-0.3, -0.25) is 4.79 Å². The Bertz CT molecular complexity index is 709. The number of nitrogens with zero attached hydrogens (tertiary/aromatic N) is 3. The van der Waals surface area contributed by atoms with Crippen molar-refractivity contribution in [1.82, 2.24) is 15.0 Å². The van der Waals surface area contributed by atoms with E-state index >= 15 is 0 Å². The summed E-state index contributed by atoms with van der Waals surface area (Å²) in [6.45, 7) is 3.07. The van der Waals surface area contributed by atoms with Crippen LogP contribution in [0.25, 0.3) is 0 Å². The third-order valence-electron chi connectivity index (χ3n) is 4.70. The van der Waals surface area contributed by atoms with Crippen molar-refractivity contribution in [3.63, 3.8) is 0 Å². The number of methoxy groups -OCH3 is 1. The van der Waals surface area contributed by atoms with Crippen LogP contribution in [-0.4, -0.2) is 47.2 Å². The van der Waals surface area contributed by atoms with Crippen LogP contribution < -0.4 is 5.73 Å². The highest BCUT2D eigenvalue weighted by Gasteiger charge is 2.33. The smallest absolute Gasteiger partial charge is 0.227 e. The summed E-state index contributed by atoms with van der Waals surface area (Å²) in [5.41, 5.74) is 7.43. The average Bonchev–Trinajstić information content (AvgIpc) is 3.26. The molecule has 2 heterocycles. The lowest BCUT2D eigenvalue weighted by atomic mass is 9.95. The Balaban J connectivity index is 0.00000243. The summed E-state index contributed by atoms with van der Waals surface area (Å²) in [5, 5.41) is 3.87. The molecule has 1 aliphatic rings. The van der Waals surface area contributed by atoms with Crippen LogP contribution in [0.1, 0.15) is 42.6 Å². The van der Waals surface area contributed by atoms with Gasteiger partial charge in [0.1, 0.15) is 6.10 Å². The summed E-state index contributed by atoms with van der Waals surface area (Å²) in [7, 11) is 1.59. The standard InChI is InChI=1S/C18H24N4O3.ClH/c1-12(24-2)18-20-16(25-21-18)8-9-17(23)22-10-14(15(19)11-22)13-6-4-3-5-7-13;/h3-7,12,14-15H,8-11,19H2,1-2H3;1H/t12?,14-,15+;/m0./s1. The quantitative estimate of drug-likeness (QED) is 0.824. The van der Waals surface area contributed by atoms with Crippen LogP contribution in [0.3, 0.4) is 0 Å². The van der Waals surface area contributed by atoms with Gasteiger partial charge in [0.2, 0.25) is 11.8 Å². The number of rotatable bonds is 6. The van der Waals surface area contributed by atoms with E-state index in [2.05, 4.69) is 22.3 Å². The minimum Gasteiger partial charge on any atom is -0.374 e. The first-order valence-electron chi connectivity index (χ1n) is 8.52. The number of halogens is 1. The SMILES string of the molecule is COC(C)c1noc(CCC(=O)N2C[C@@H](N)[C@H](c3ccccc3)C2)n1.Cl. The zero-order chi connectivity index (χ0) is 17.8. The lowest BCUT2D eigenvalue weighted by molar-refractivity contribution is -0.130. The fourth-order valence-electron chi connectivity index (χ4n) is 3.10. The Morgan fingerprint density at radius 2 is 2.12 bits per heavy atom. The number of amides is 1. The fraction of sp³-hybridized carbons (Fsp3) is 0.500. The first-order valence-corrected chi connectivity index (χ1v) is 8.52. The van der Waals surface area contributed by atoms with E-state index in [1.807, 2.05) is 30.0 Å². The minimum absolute atomic E-state index is 0. The van der Waals surface area contributed by atoms with E-state index in [0.717, 1.165) is 0 Å². The molecule has 26 heavy (non-hydrogen) atoms. The minimum atomic E-state index is -0.226. The van der Waals surface area contributed by atoms with Gasteiger partial charge in [0, 0.05) is 45.0 Å². The number of benzene rings is 1. The normalized spacial score (nSPS) is 20.7. The molecule has 0 radical (unpaired) electrons. The van der Waals surface area contributed by atoms with Crippen LogP contribution in [0.2, 0.25) is 0 Å². The molecular formula is C18H25ClN4O3. The van der Waals surface area contributed by atoms with Crippen LogP contribution in [0.15, 0.2) is 34.9 Å². The summed E-state index contributed by atoms with van der Waals surface area (Å²) in [5.74, 6) is 1.20. The van der Waals surface area contributed by atoms with E-state index in [1.165, 1.54) is 5.56 Å². The summed E-state index contributed by atoms with van der Waals surface area (Å²) in [4.78, 5) is 18.6. The van der Waals surface area contributed by atoms with E-state index < -0.39 is 0 Å². The maximum absolute atomic E-state index is 12.5. The first kappa shape index (κ1) is 20.4. The van der Waals surface area contributed by atoms with Crippen molar-refractivity contribution in [2.45, 2.75) is 37.8 Å². The third-order valence-corrected chi connectivity index (χ3v) is 4.70. The molecule has 3 rings (SSSR count). The molecule has 1 aromatic carbocycles. The Labute approximate surface area is 159 Å². The van der Waals surface area contributed by atoms with Gasteiger partial charge in [0.25, 0.3) is 0 Å². The monoisotopic (exact) mass is 380 g/mol. The molecule has 1 unspecified atom stereocenters. The molecule has 1 amide bonds. The summed E-state index contributed by atoms with van der Waals surface area (Å²) in [6, 6.07) is 10.1. The molecule has 7 nitrogen and oxygen atoms in total. The third kappa shape index (κ3) is 4.60. The number of aryl methyl sites for hydroxylation is 1. The van der Waals surface area contributed by atoms with Crippen molar-refractivity contribution in [3.05, 3.63) is 47.6 Å². The molecular weight excluding hydrogens is 356 g/mol. The fourth-order valence-corrected chi connectivity index (χ4v) is 3.10. The van der Waals surface area contributed by atoms with Gasteiger partial charge in [-0.15, -0.1) is 12.4 Å². The van der Waals surface area contributed by atoms with Crippen molar-refractivity contribution in [3.8, 4) is 0 Å². The number of ether oxygens (including phenoxy) is 1. The Hall–Kier alpha value is -1.96. The summed E-state index contributed by atoms with van der Waals surface area (Å²) >= 11 is 0. The molecule has 0 aliphatic carbocycles. The van der Waals surface area contributed by atoms with Gasteiger partial charge < -0.3 is 19.9 Å². The van der Waals surface area contributed by atoms with Gasteiger partial charge in [-0.05, 0) is 12.5 Å². The maximum atomic E-state index is 12.5. The molecule has 3 atom stereocenters. The zero-order valence-electron chi connectivity index (χ0n) is 15.0. The number of carbonyl (C=O) groups is 1. The lowest BCUT2D eigenvalue weighted by Gasteiger charge is -2.16. The number of hydrogen-bond donors (Lipinski definition) is 1. The zero-order valence-corrected chi connectivity index (χ0v) is 15.8. The molecule has 2 aromatic rings. The number of hydrogen-bond acceptors (Lipinski definition) is 6. The van der Waals surface area contributed by atoms with Crippen molar-refractivity contribution in [2.75, 3.05) is 20.2 Å². The summed E-state index contributed by atoms with van der Waals surface area (Å²) < 4.78 is 10.3. The molecule has 0 bridgehead atoms. The van der Waals surface area contributed by atoms with Gasteiger partial charge >= 0.3 is 0 Å². The van der Waals surface area contributed by atoms with Crippen molar-refractivity contribution >= 4 is 18.3 Å². The predicted molar refractivity (Wildman–Crippen MR) is 99.0 cm³/mol. The van der Waals surface area contributed by atoms with Crippen LogP contribution in [-0.2, 0) is 16.0 Å². The van der Waals surface area contributed by atoms with E-state index in [4.69, 9.17) is 15.0 Å². The van der Waals surface area contributed by atoms with Crippen molar-refractivity contribution in [2.24, 2.45) is 5.73 Å². The molecule has 1 saturated heterocycles. The van der Waals surface area contributed by atoms with Gasteiger partial charge in [-0.2, -0.15) is 4.98 Å². The Morgan fingerprint density at radius 1 is 1.38 bits per heavy atom. The predicted octanol–water partition coefficient (Wildman–Crippen LogP) is 2.08. The molecule has 1 fully saturated rings. The molecule has 0 spiro atoms. The van der Waals surface area contributed by atoms with Crippen LogP contribution in [0, 0.1) is 0 Å². The maximum Gasteiger partial charge on any atom is 0.227 e. The second-order valence-electron chi connectivity index (χ2n) is 6.40. The van der Waals surface area contributed by atoms with Gasteiger partial charge in [0.15, 0.2) is 5.82 Å². The molecule has 1 aliphatic heterocycles. The average molecular weight is 381 g/mol. The van der Waals surface area contributed by atoms with Gasteiger partial charge in [-0.25, -0.2) is 0 Å². The van der Waals surface area contributed by atoms with E-state index in [1.54, 1.807) is 7.11 Å². The highest BCUT2D eigenvalue weighted by atomic mass is 35.5. The highest BCUT2D eigenvalue weighted by Crippen LogP contribution is 2.26. The van der Waals surface area contributed by atoms with Gasteiger partial charge in [-0.1, -0.05) is 35.5 Å². The molecule has 1 aromatic heterocycles. The second kappa shape index (κ2) is 9.12. The number of carbonyl (C=O) groups excluding carboxylic acids is 1. The van der Waals surface area contributed by atoms with Gasteiger partial charge in [0.05, 0.1) is 0 Å². The largest absolute Gasteiger partial charge is 0.374 e. The lowest BCUT2D eigenvalue weighted by Crippen LogP contribution is -2.32. The van der Waals surface area contributed by atoms with Crippen molar-refractivity contribution < 1.29 is 14.1 Å². The molecule has 0 saturated carbocycles.